The van der Waals surface area contributed by atoms with Crippen LogP contribution in [0.1, 0.15) is 9.67 Å². The van der Waals surface area contributed by atoms with E-state index in [1.165, 1.54) is 11.3 Å². The van der Waals surface area contributed by atoms with Gasteiger partial charge in [0.15, 0.2) is 5.84 Å². The van der Waals surface area contributed by atoms with Gasteiger partial charge in [0.2, 0.25) is 0 Å². The Balaban J connectivity index is 1.94. The van der Waals surface area contributed by atoms with Gasteiger partial charge < -0.3 is 21.0 Å². The van der Waals surface area contributed by atoms with Gasteiger partial charge in [-0.15, -0.1) is 11.3 Å². The van der Waals surface area contributed by atoms with Gasteiger partial charge in [0, 0.05) is 5.69 Å². The summed E-state index contributed by atoms with van der Waals surface area (Å²) in [5.41, 5.74) is 5.95. The summed E-state index contributed by atoms with van der Waals surface area (Å²) in [4.78, 5) is 12.6. The first kappa shape index (κ1) is 15.3. The molecule has 2 aromatic rings. The second kappa shape index (κ2) is 7.09. The van der Waals surface area contributed by atoms with Crippen molar-refractivity contribution in [3.8, 4) is 5.75 Å². The fourth-order valence-corrected chi connectivity index (χ4v) is 2.73. The lowest BCUT2D eigenvalue weighted by Crippen LogP contribution is -2.20. The van der Waals surface area contributed by atoms with Gasteiger partial charge >= 0.3 is 0 Å². The number of nitrogens with one attached hydrogen (secondary N) is 1. The molecular weight excluding hydrogens is 358 g/mol. The summed E-state index contributed by atoms with van der Waals surface area (Å²) in [6.45, 7) is -0.00850. The molecule has 1 heterocycles. The van der Waals surface area contributed by atoms with E-state index in [1.807, 2.05) is 6.07 Å². The largest absolute Gasteiger partial charge is 0.486 e. The van der Waals surface area contributed by atoms with Crippen LogP contribution >= 0.6 is 27.3 Å². The number of carbonyl (C=O) groups is 1. The summed E-state index contributed by atoms with van der Waals surface area (Å²) in [5, 5.41) is 14.0. The first-order valence-corrected chi connectivity index (χ1v) is 7.45. The third kappa shape index (κ3) is 4.47. The second-order valence-electron chi connectivity index (χ2n) is 3.96. The number of amides is 1. The first-order chi connectivity index (χ1) is 10.1. The maximum atomic E-state index is 12.0. The second-order valence-corrected chi connectivity index (χ2v) is 6.43. The number of nitrogens with two attached hydrogens (primary N) is 1. The Morgan fingerprint density at radius 2 is 2.05 bits per heavy atom. The zero-order chi connectivity index (χ0) is 15.2. The molecule has 0 spiro atoms. The molecule has 0 fully saturated rings. The maximum Gasteiger partial charge on any atom is 0.265 e. The summed E-state index contributed by atoms with van der Waals surface area (Å²) in [7, 11) is 0. The molecule has 0 atom stereocenters. The van der Waals surface area contributed by atoms with Crippen molar-refractivity contribution >= 4 is 44.7 Å². The number of oxime groups is 1. The number of rotatable bonds is 5. The van der Waals surface area contributed by atoms with Gasteiger partial charge in [-0.1, -0.05) is 5.16 Å². The average molecular weight is 370 g/mol. The fourth-order valence-electron chi connectivity index (χ4n) is 1.45. The number of halogens is 1. The highest BCUT2D eigenvalue weighted by atomic mass is 79.9. The van der Waals surface area contributed by atoms with E-state index in [9.17, 15) is 4.79 Å². The van der Waals surface area contributed by atoms with Crippen LogP contribution in [0.5, 0.6) is 5.75 Å². The summed E-state index contributed by atoms with van der Waals surface area (Å²) in [6, 6.07) is 10.4. The smallest absolute Gasteiger partial charge is 0.265 e. The van der Waals surface area contributed by atoms with Crippen LogP contribution in [0, 0.1) is 0 Å². The molecule has 21 heavy (non-hydrogen) atoms. The van der Waals surface area contributed by atoms with E-state index in [-0.39, 0.29) is 18.3 Å². The topological polar surface area (TPSA) is 96.9 Å². The van der Waals surface area contributed by atoms with Crippen LogP contribution in [-0.4, -0.2) is 23.6 Å². The Hall–Kier alpha value is -2.06. The van der Waals surface area contributed by atoms with E-state index in [0.29, 0.717) is 16.3 Å². The number of benzene rings is 1. The number of anilines is 1. The number of carbonyl (C=O) groups excluding carboxylic acids is 1. The lowest BCUT2D eigenvalue weighted by molar-refractivity contribution is 0.103. The molecule has 0 saturated carbocycles. The number of ether oxygens (including phenoxy) is 1. The standard InChI is InChI=1S/C13H12BrN3O3S/c14-11-6-5-10(21-11)13(18)16-8-1-3-9(4-2-8)20-7-12(15)17-19/h1-6,19H,7H2,(H2,15,17)(H,16,18). The molecule has 0 bridgehead atoms. The normalized spacial score (nSPS) is 11.2. The van der Waals surface area contributed by atoms with Gasteiger partial charge in [-0.3, -0.25) is 4.79 Å². The van der Waals surface area contributed by atoms with Gasteiger partial charge in [-0.05, 0) is 52.3 Å². The predicted octanol–water partition coefficient (Wildman–Crippen LogP) is 2.89. The van der Waals surface area contributed by atoms with Crippen LogP contribution in [-0.2, 0) is 0 Å². The Labute approximate surface area is 133 Å². The highest BCUT2D eigenvalue weighted by Crippen LogP contribution is 2.23. The minimum atomic E-state index is -0.170. The van der Waals surface area contributed by atoms with Gasteiger partial charge in [0.25, 0.3) is 5.91 Å². The maximum absolute atomic E-state index is 12.0. The van der Waals surface area contributed by atoms with Gasteiger partial charge in [-0.2, -0.15) is 0 Å². The van der Waals surface area contributed by atoms with Gasteiger partial charge in [0.1, 0.15) is 12.4 Å². The van der Waals surface area contributed by atoms with Crippen molar-refractivity contribution in [1.29, 1.82) is 0 Å². The number of amidine groups is 1. The molecule has 1 aromatic heterocycles. The van der Waals surface area contributed by atoms with Crippen LogP contribution in [0.2, 0.25) is 0 Å². The van der Waals surface area contributed by atoms with E-state index < -0.39 is 0 Å². The van der Waals surface area contributed by atoms with Crippen LogP contribution in [0.25, 0.3) is 0 Å². The molecule has 2 rings (SSSR count). The Bertz CT molecular complexity index is 655. The number of hydrogen-bond donors (Lipinski definition) is 3. The molecule has 0 radical (unpaired) electrons. The number of nitrogens with zero attached hydrogens (tertiary/aromatic N) is 1. The van der Waals surface area contributed by atoms with Crippen molar-refractivity contribution in [2.24, 2.45) is 10.9 Å². The van der Waals surface area contributed by atoms with Crippen LogP contribution in [0.4, 0.5) is 5.69 Å². The highest BCUT2D eigenvalue weighted by molar-refractivity contribution is 9.11. The summed E-state index contributed by atoms with van der Waals surface area (Å²) < 4.78 is 6.18. The molecule has 0 aliphatic rings. The molecule has 0 saturated heterocycles. The summed E-state index contributed by atoms with van der Waals surface area (Å²) in [5.74, 6) is 0.366. The van der Waals surface area contributed by atoms with Gasteiger partial charge in [0.05, 0.1) is 8.66 Å². The van der Waals surface area contributed by atoms with Crippen LogP contribution < -0.4 is 15.8 Å². The van der Waals surface area contributed by atoms with Crippen LogP contribution in [0.15, 0.2) is 45.3 Å². The molecular formula is C13H12BrN3O3S. The lowest BCUT2D eigenvalue weighted by atomic mass is 10.3. The van der Waals surface area contributed by atoms with E-state index >= 15 is 0 Å². The molecule has 0 unspecified atom stereocenters. The minimum Gasteiger partial charge on any atom is -0.486 e. The first-order valence-electron chi connectivity index (χ1n) is 5.84. The summed E-state index contributed by atoms with van der Waals surface area (Å²) in [6.07, 6.45) is 0. The van der Waals surface area contributed by atoms with Crippen molar-refractivity contribution in [1.82, 2.24) is 0 Å². The zero-order valence-electron chi connectivity index (χ0n) is 10.7. The van der Waals surface area contributed by atoms with Crippen molar-refractivity contribution in [3.63, 3.8) is 0 Å². The SMILES string of the molecule is N/C(COc1ccc(NC(=O)c2ccc(Br)s2)cc1)=N\O. The van der Waals surface area contributed by atoms with Gasteiger partial charge in [-0.25, -0.2) is 0 Å². The quantitative estimate of drug-likeness (QED) is 0.326. The lowest BCUT2D eigenvalue weighted by Gasteiger charge is -2.07. The molecule has 8 heteroatoms. The number of hydrogen-bond acceptors (Lipinski definition) is 5. The molecule has 4 N–H and O–H groups in total. The molecule has 110 valence electrons. The third-order valence-corrected chi connectivity index (χ3v) is 4.05. The van der Waals surface area contributed by atoms with E-state index in [4.69, 9.17) is 15.7 Å². The van der Waals surface area contributed by atoms with Crippen molar-refractivity contribution in [2.75, 3.05) is 11.9 Å². The Morgan fingerprint density at radius 1 is 1.33 bits per heavy atom. The molecule has 6 nitrogen and oxygen atoms in total. The van der Waals surface area contributed by atoms with Crippen LogP contribution in [0.3, 0.4) is 0 Å². The van der Waals surface area contributed by atoms with E-state index in [0.717, 1.165) is 3.79 Å². The van der Waals surface area contributed by atoms with Crippen molar-refractivity contribution < 1.29 is 14.7 Å². The molecule has 0 aliphatic heterocycles. The summed E-state index contributed by atoms with van der Waals surface area (Å²) >= 11 is 4.68. The monoisotopic (exact) mass is 369 g/mol. The zero-order valence-corrected chi connectivity index (χ0v) is 13.1. The Kier molecular flexibility index (Phi) is 5.18. The molecule has 0 aliphatic carbocycles. The third-order valence-electron chi connectivity index (χ3n) is 2.42. The highest BCUT2D eigenvalue weighted by Gasteiger charge is 2.08. The fraction of sp³-hybridized carbons (Fsp3) is 0.0769. The van der Waals surface area contributed by atoms with E-state index in [2.05, 4.69) is 26.4 Å². The average Bonchev–Trinajstić information content (AvgIpc) is 2.93. The van der Waals surface area contributed by atoms with E-state index in [1.54, 1.807) is 30.3 Å². The number of thiophene rings is 1. The molecule has 1 aromatic carbocycles. The Morgan fingerprint density at radius 3 is 2.62 bits per heavy atom. The van der Waals surface area contributed by atoms with Crippen molar-refractivity contribution in [3.05, 3.63) is 45.1 Å². The minimum absolute atomic E-state index is 0.00850. The van der Waals surface area contributed by atoms with Crippen molar-refractivity contribution in [2.45, 2.75) is 0 Å². The predicted molar refractivity (Wildman–Crippen MR) is 85.3 cm³/mol. The molecule has 1 amide bonds.